The quantitative estimate of drug-likeness (QED) is 0.698. The Morgan fingerprint density at radius 1 is 1.23 bits per heavy atom. The van der Waals surface area contributed by atoms with Gasteiger partial charge in [-0.05, 0) is 37.8 Å². The predicted molar refractivity (Wildman–Crippen MR) is 92.7 cm³/mol. The zero-order valence-electron chi connectivity index (χ0n) is 14.7. The fraction of sp³-hybridized carbons (Fsp3) is 0.368. The first kappa shape index (κ1) is 19.8. The SMILES string of the molecule is CCC=CCCc1nn(-c2ccccc2C(F)(F)F)c(CC)c1C(=O)O. The molecule has 0 bridgehead atoms. The van der Waals surface area contributed by atoms with Crippen molar-refractivity contribution in [3.8, 4) is 5.69 Å². The fourth-order valence-corrected chi connectivity index (χ4v) is 2.85. The van der Waals surface area contributed by atoms with Crippen LogP contribution in [0.2, 0.25) is 0 Å². The van der Waals surface area contributed by atoms with E-state index in [9.17, 15) is 23.1 Å². The summed E-state index contributed by atoms with van der Waals surface area (Å²) in [7, 11) is 0. The number of aryl methyl sites for hydroxylation is 1. The molecular formula is C19H21F3N2O2. The van der Waals surface area contributed by atoms with Gasteiger partial charge in [0.25, 0.3) is 0 Å². The molecule has 7 heteroatoms. The van der Waals surface area contributed by atoms with Crippen molar-refractivity contribution in [1.82, 2.24) is 9.78 Å². The van der Waals surface area contributed by atoms with Gasteiger partial charge in [0.2, 0.25) is 0 Å². The topological polar surface area (TPSA) is 55.1 Å². The van der Waals surface area contributed by atoms with Gasteiger partial charge in [-0.1, -0.05) is 38.1 Å². The van der Waals surface area contributed by atoms with Crippen molar-refractivity contribution < 1.29 is 23.1 Å². The fourth-order valence-electron chi connectivity index (χ4n) is 2.85. The number of hydrogen-bond donors (Lipinski definition) is 1. The van der Waals surface area contributed by atoms with Crippen molar-refractivity contribution in [2.75, 3.05) is 0 Å². The predicted octanol–water partition coefficient (Wildman–Crippen LogP) is 5.05. The maximum Gasteiger partial charge on any atom is 0.418 e. The Kier molecular flexibility index (Phi) is 6.23. The van der Waals surface area contributed by atoms with Crippen LogP contribution >= 0.6 is 0 Å². The van der Waals surface area contributed by atoms with E-state index in [1.165, 1.54) is 18.2 Å². The molecule has 1 heterocycles. The molecule has 0 spiro atoms. The normalized spacial score (nSPS) is 12.0. The minimum Gasteiger partial charge on any atom is -0.478 e. The maximum absolute atomic E-state index is 13.4. The number of nitrogens with zero attached hydrogens (tertiary/aromatic N) is 2. The molecule has 0 fully saturated rings. The first-order valence-corrected chi connectivity index (χ1v) is 8.46. The van der Waals surface area contributed by atoms with Crippen LogP contribution in [0.3, 0.4) is 0 Å². The Morgan fingerprint density at radius 3 is 2.50 bits per heavy atom. The van der Waals surface area contributed by atoms with Crippen molar-refractivity contribution >= 4 is 5.97 Å². The average Bonchev–Trinajstić information content (AvgIpc) is 2.96. The molecule has 0 aliphatic rings. The van der Waals surface area contributed by atoms with Gasteiger partial charge in [0.05, 0.1) is 22.6 Å². The summed E-state index contributed by atoms with van der Waals surface area (Å²) in [4.78, 5) is 11.7. The number of hydrogen-bond acceptors (Lipinski definition) is 2. The number of alkyl halides is 3. The van der Waals surface area contributed by atoms with Crippen LogP contribution in [0.1, 0.15) is 54.0 Å². The Bertz CT molecular complexity index is 808. The molecule has 1 aromatic carbocycles. The summed E-state index contributed by atoms with van der Waals surface area (Å²) < 4.78 is 41.2. The number of halogens is 3. The second-order valence-electron chi connectivity index (χ2n) is 5.77. The molecule has 2 rings (SSSR count). The van der Waals surface area contributed by atoms with Crippen molar-refractivity contribution in [2.45, 2.75) is 45.7 Å². The van der Waals surface area contributed by atoms with Crippen LogP contribution in [0, 0.1) is 0 Å². The molecule has 0 aliphatic carbocycles. The highest BCUT2D eigenvalue weighted by molar-refractivity contribution is 5.90. The minimum absolute atomic E-state index is 0.00521. The third-order valence-corrected chi connectivity index (χ3v) is 3.99. The van der Waals surface area contributed by atoms with Crippen molar-refractivity contribution in [1.29, 1.82) is 0 Å². The minimum atomic E-state index is -4.55. The smallest absolute Gasteiger partial charge is 0.418 e. The molecule has 0 saturated heterocycles. The van der Waals surface area contributed by atoms with Gasteiger partial charge in [-0.3, -0.25) is 0 Å². The summed E-state index contributed by atoms with van der Waals surface area (Å²) in [6, 6.07) is 5.06. The first-order chi connectivity index (χ1) is 12.3. The monoisotopic (exact) mass is 366 g/mol. The van der Waals surface area contributed by atoms with Crippen LogP contribution in [-0.2, 0) is 19.0 Å². The lowest BCUT2D eigenvalue weighted by Crippen LogP contribution is -2.13. The molecule has 0 saturated carbocycles. The summed E-state index contributed by atoms with van der Waals surface area (Å²) in [6.45, 7) is 3.69. The van der Waals surface area contributed by atoms with E-state index in [4.69, 9.17) is 0 Å². The number of allylic oxidation sites excluding steroid dienone is 2. The average molecular weight is 366 g/mol. The van der Waals surface area contributed by atoms with Crippen LogP contribution in [-0.4, -0.2) is 20.9 Å². The summed E-state index contributed by atoms with van der Waals surface area (Å²) in [5, 5.41) is 13.8. The summed E-state index contributed by atoms with van der Waals surface area (Å²) in [5.74, 6) is -1.17. The Balaban J connectivity index is 2.60. The van der Waals surface area contributed by atoms with Crippen LogP contribution < -0.4 is 0 Å². The van der Waals surface area contributed by atoms with Gasteiger partial charge in [-0.2, -0.15) is 18.3 Å². The number of rotatable bonds is 7. The molecule has 0 radical (unpaired) electrons. The van der Waals surface area contributed by atoms with Gasteiger partial charge >= 0.3 is 12.1 Å². The second-order valence-corrected chi connectivity index (χ2v) is 5.77. The van der Waals surface area contributed by atoms with E-state index in [2.05, 4.69) is 5.10 Å². The highest BCUT2D eigenvalue weighted by Crippen LogP contribution is 2.34. The van der Waals surface area contributed by atoms with Gasteiger partial charge < -0.3 is 5.11 Å². The molecule has 140 valence electrons. The molecule has 4 nitrogen and oxygen atoms in total. The van der Waals surface area contributed by atoms with Gasteiger partial charge in [-0.15, -0.1) is 0 Å². The molecule has 0 amide bonds. The van der Waals surface area contributed by atoms with Crippen molar-refractivity contribution in [2.24, 2.45) is 0 Å². The third-order valence-electron chi connectivity index (χ3n) is 3.99. The van der Waals surface area contributed by atoms with E-state index in [1.54, 1.807) is 6.92 Å². The molecule has 2 aromatic rings. The second kappa shape index (κ2) is 8.21. The molecule has 26 heavy (non-hydrogen) atoms. The Hall–Kier alpha value is -2.57. The van der Waals surface area contributed by atoms with Crippen LogP contribution in [0.5, 0.6) is 0 Å². The van der Waals surface area contributed by atoms with E-state index >= 15 is 0 Å². The molecule has 0 atom stereocenters. The zero-order chi connectivity index (χ0) is 19.3. The molecule has 0 aliphatic heterocycles. The lowest BCUT2D eigenvalue weighted by Gasteiger charge is -2.14. The summed E-state index contributed by atoms with van der Waals surface area (Å²) in [6.07, 6.45) is 1.37. The molecule has 1 aromatic heterocycles. The third kappa shape index (κ3) is 4.15. The molecular weight excluding hydrogens is 345 g/mol. The van der Waals surface area contributed by atoms with Crippen molar-refractivity contribution in [3.63, 3.8) is 0 Å². The lowest BCUT2D eigenvalue weighted by atomic mass is 10.1. The van der Waals surface area contributed by atoms with Gasteiger partial charge in [0.1, 0.15) is 5.56 Å². The summed E-state index contributed by atoms with van der Waals surface area (Å²) >= 11 is 0. The highest BCUT2D eigenvalue weighted by Gasteiger charge is 2.35. The van der Waals surface area contributed by atoms with Gasteiger partial charge in [0, 0.05) is 0 Å². The number of carboxylic acids is 1. The van der Waals surface area contributed by atoms with E-state index in [0.29, 0.717) is 18.5 Å². The maximum atomic E-state index is 13.4. The largest absolute Gasteiger partial charge is 0.478 e. The molecule has 0 unspecified atom stereocenters. The highest BCUT2D eigenvalue weighted by atomic mass is 19.4. The number of carbonyl (C=O) groups is 1. The lowest BCUT2D eigenvalue weighted by molar-refractivity contribution is -0.137. The standard InChI is InChI=1S/C19H21F3N2O2/c1-3-5-6-7-11-14-17(18(25)26)15(4-2)24(23-14)16-12-9-8-10-13(16)19(20,21)22/h5-6,8-10,12H,3-4,7,11H2,1-2H3,(H,25,26). The first-order valence-electron chi connectivity index (χ1n) is 8.46. The molecule has 1 N–H and O–H groups in total. The van der Waals surface area contributed by atoms with Gasteiger partial charge in [0.15, 0.2) is 0 Å². The van der Waals surface area contributed by atoms with Crippen LogP contribution in [0.25, 0.3) is 5.69 Å². The zero-order valence-corrected chi connectivity index (χ0v) is 14.7. The van der Waals surface area contributed by atoms with Crippen molar-refractivity contribution in [3.05, 3.63) is 58.9 Å². The van der Waals surface area contributed by atoms with E-state index < -0.39 is 17.7 Å². The summed E-state index contributed by atoms with van der Waals surface area (Å²) in [5.41, 5.74) is -0.439. The van der Waals surface area contributed by atoms with Crippen LogP contribution in [0.15, 0.2) is 36.4 Å². The van der Waals surface area contributed by atoms with Crippen LogP contribution in [0.4, 0.5) is 13.2 Å². The number of carboxylic acid groups (broad SMARTS) is 1. The number of para-hydroxylation sites is 1. The van der Waals surface area contributed by atoms with E-state index in [-0.39, 0.29) is 23.4 Å². The number of aromatic carboxylic acids is 1. The number of benzene rings is 1. The van der Waals surface area contributed by atoms with E-state index in [1.807, 2.05) is 19.1 Å². The van der Waals surface area contributed by atoms with Gasteiger partial charge in [-0.25, -0.2) is 9.48 Å². The van der Waals surface area contributed by atoms with E-state index in [0.717, 1.165) is 17.2 Å². The Labute approximate surface area is 150 Å². The Morgan fingerprint density at radius 2 is 1.92 bits per heavy atom. The number of aromatic nitrogens is 2.